The first kappa shape index (κ1) is 14.8. The molecule has 0 fully saturated rings. The molecular weight excluding hydrogens is 214 g/mol. The van der Waals surface area contributed by atoms with Crippen molar-refractivity contribution < 1.29 is 8.42 Å². The second kappa shape index (κ2) is 6.42. The average Bonchev–Trinajstić information content (AvgIpc) is 2.14. The normalized spacial score (nSPS) is 14.9. The van der Waals surface area contributed by atoms with Crippen molar-refractivity contribution in [1.82, 2.24) is 9.03 Å². The van der Waals surface area contributed by atoms with Crippen molar-refractivity contribution in [2.45, 2.75) is 33.2 Å². The number of hydrogen-bond acceptors (Lipinski definition) is 3. The molecule has 0 aromatic rings. The maximum absolute atomic E-state index is 11.7. The van der Waals surface area contributed by atoms with Crippen molar-refractivity contribution in [3.8, 4) is 0 Å². The lowest BCUT2D eigenvalue weighted by Gasteiger charge is -2.24. The molecule has 0 saturated heterocycles. The summed E-state index contributed by atoms with van der Waals surface area (Å²) < 4.78 is 27.3. The van der Waals surface area contributed by atoms with Gasteiger partial charge in [0.15, 0.2) is 0 Å². The highest BCUT2D eigenvalue weighted by molar-refractivity contribution is 7.87. The molecule has 1 unspecified atom stereocenters. The molecule has 15 heavy (non-hydrogen) atoms. The lowest BCUT2D eigenvalue weighted by molar-refractivity contribution is 0.366. The van der Waals surface area contributed by atoms with Gasteiger partial charge >= 0.3 is 0 Å². The summed E-state index contributed by atoms with van der Waals surface area (Å²) in [5, 5.41) is 0. The molecule has 0 heterocycles. The summed E-state index contributed by atoms with van der Waals surface area (Å²) in [6, 6.07) is -0.0698. The van der Waals surface area contributed by atoms with Crippen LogP contribution in [-0.2, 0) is 10.2 Å². The van der Waals surface area contributed by atoms with Gasteiger partial charge in [-0.25, -0.2) is 4.72 Å². The van der Waals surface area contributed by atoms with E-state index in [4.69, 9.17) is 5.73 Å². The van der Waals surface area contributed by atoms with Crippen molar-refractivity contribution in [3.05, 3.63) is 0 Å². The minimum Gasteiger partial charge on any atom is -0.330 e. The molecule has 0 spiro atoms. The average molecular weight is 237 g/mol. The van der Waals surface area contributed by atoms with E-state index in [2.05, 4.69) is 4.72 Å². The summed E-state index contributed by atoms with van der Waals surface area (Å²) in [4.78, 5) is 0. The van der Waals surface area contributed by atoms with Gasteiger partial charge in [0.25, 0.3) is 10.2 Å². The van der Waals surface area contributed by atoms with Gasteiger partial charge in [0.05, 0.1) is 0 Å². The third-order valence-corrected chi connectivity index (χ3v) is 3.91. The van der Waals surface area contributed by atoms with Gasteiger partial charge in [-0.2, -0.15) is 12.7 Å². The molecule has 0 rings (SSSR count). The van der Waals surface area contributed by atoms with Crippen molar-refractivity contribution in [2.24, 2.45) is 11.7 Å². The van der Waals surface area contributed by atoms with Crippen LogP contribution in [0, 0.1) is 5.92 Å². The quantitative estimate of drug-likeness (QED) is 0.661. The molecule has 0 aliphatic rings. The Morgan fingerprint density at radius 3 is 2.27 bits per heavy atom. The van der Waals surface area contributed by atoms with Gasteiger partial charge in [-0.3, -0.25) is 0 Å². The van der Waals surface area contributed by atoms with Gasteiger partial charge in [-0.15, -0.1) is 0 Å². The molecule has 3 N–H and O–H groups in total. The molecule has 92 valence electrons. The minimum atomic E-state index is -3.35. The predicted octanol–water partition coefficient (Wildman–Crippen LogP) is 0.146. The summed E-state index contributed by atoms with van der Waals surface area (Å²) in [5.74, 6) is 0.304. The molecule has 0 aliphatic heterocycles. The molecule has 1 atom stereocenters. The Balaban J connectivity index is 4.32. The number of nitrogens with zero attached hydrogens (tertiary/aromatic N) is 1. The summed E-state index contributed by atoms with van der Waals surface area (Å²) >= 11 is 0. The van der Waals surface area contributed by atoms with Crippen molar-refractivity contribution >= 4 is 10.2 Å². The molecule has 5 nitrogen and oxygen atoms in total. The smallest absolute Gasteiger partial charge is 0.279 e. The largest absolute Gasteiger partial charge is 0.330 e. The van der Waals surface area contributed by atoms with Crippen LogP contribution in [0.3, 0.4) is 0 Å². The van der Waals surface area contributed by atoms with Gasteiger partial charge in [0.2, 0.25) is 0 Å². The topological polar surface area (TPSA) is 75.4 Å². The molecule has 0 amide bonds. The zero-order valence-corrected chi connectivity index (χ0v) is 10.8. The van der Waals surface area contributed by atoms with Gasteiger partial charge < -0.3 is 5.73 Å². The van der Waals surface area contributed by atoms with Crippen LogP contribution in [0.25, 0.3) is 0 Å². The molecule has 0 radical (unpaired) electrons. The van der Waals surface area contributed by atoms with Crippen molar-refractivity contribution in [1.29, 1.82) is 0 Å². The molecular formula is C9H23N3O2S. The molecule has 0 aromatic heterocycles. The Hall–Kier alpha value is -0.170. The van der Waals surface area contributed by atoms with Gasteiger partial charge in [-0.1, -0.05) is 13.8 Å². The van der Waals surface area contributed by atoms with Gasteiger partial charge in [0.1, 0.15) is 0 Å². The fraction of sp³-hybridized carbons (Fsp3) is 1.00. The van der Waals surface area contributed by atoms with Crippen LogP contribution in [0.5, 0.6) is 0 Å². The van der Waals surface area contributed by atoms with Crippen LogP contribution in [-0.4, -0.2) is 38.9 Å². The fourth-order valence-corrected chi connectivity index (χ4v) is 2.36. The standard InChI is InChI=1S/C9H23N3O2S/c1-8(2)7-11-15(13,14)12(4)9(3)5-6-10/h8-9,11H,5-7,10H2,1-4H3. The first-order valence-corrected chi connectivity index (χ1v) is 6.68. The maximum atomic E-state index is 11.7. The third-order valence-electron chi connectivity index (χ3n) is 2.26. The Morgan fingerprint density at radius 1 is 1.33 bits per heavy atom. The summed E-state index contributed by atoms with van der Waals surface area (Å²) in [5.41, 5.74) is 5.39. The summed E-state index contributed by atoms with van der Waals surface area (Å²) in [6.45, 7) is 6.73. The Morgan fingerprint density at radius 2 is 1.87 bits per heavy atom. The van der Waals surface area contributed by atoms with E-state index in [9.17, 15) is 8.42 Å². The zero-order chi connectivity index (χ0) is 12.1. The molecule has 0 aliphatic carbocycles. The van der Waals surface area contributed by atoms with E-state index in [-0.39, 0.29) is 6.04 Å². The van der Waals surface area contributed by atoms with E-state index in [1.165, 1.54) is 4.31 Å². The van der Waals surface area contributed by atoms with Gasteiger partial charge in [0, 0.05) is 19.6 Å². The highest BCUT2D eigenvalue weighted by atomic mass is 32.2. The first-order valence-electron chi connectivity index (χ1n) is 5.24. The monoisotopic (exact) mass is 237 g/mol. The Bertz CT molecular complexity index is 265. The highest BCUT2D eigenvalue weighted by Gasteiger charge is 2.22. The number of nitrogens with one attached hydrogen (secondary N) is 1. The SMILES string of the molecule is CC(C)CNS(=O)(=O)N(C)C(C)CCN. The predicted molar refractivity (Wildman–Crippen MR) is 62.7 cm³/mol. The first-order chi connectivity index (χ1) is 6.81. The minimum absolute atomic E-state index is 0.0698. The van der Waals surface area contributed by atoms with Crippen molar-refractivity contribution in [3.63, 3.8) is 0 Å². The highest BCUT2D eigenvalue weighted by Crippen LogP contribution is 2.05. The van der Waals surface area contributed by atoms with E-state index in [1.54, 1.807) is 7.05 Å². The third kappa shape index (κ3) is 5.46. The number of rotatable bonds is 7. The van der Waals surface area contributed by atoms with Crippen LogP contribution >= 0.6 is 0 Å². The lowest BCUT2D eigenvalue weighted by Crippen LogP contribution is -2.44. The number of nitrogens with two attached hydrogens (primary N) is 1. The van der Waals surface area contributed by atoms with Crippen LogP contribution in [0.2, 0.25) is 0 Å². The van der Waals surface area contributed by atoms with Crippen LogP contribution < -0.4 is 10.5 Å². The van der Waals surface area contributed by atoms with E-state index >= 15 is 0 Å². The maximum Gasteiger partial charge on any atom is 0.279 e. The van der Waals surface area contributed by atoms with Crippen LogP contribution in [0.4, 0.5) is 0 Å². The molecule has 0 bridgehead atoms. The molecule has 6 heteroatoms. The van der Waals surface area contributed by atoms with E-state index < -0.39 is 10.2 Å². The fourth-order valence-electron chi connectivity index (χ4n) is 1.03. The Kier molecular flexibility index (Phi) is 6.35. The lowest BCUT2D eigenvalue weighted by atomic mass is 10.2. The van der Waals surface area contributed by atoms with Crippen molar-refractivity contribution in [2.75, 3.05) is 20.1 Å². The Labute approximate surface area is 93.2 Å². The number of hydrogen-bond donors (Lipinski definition) is 2. The van der Waals surface area contributed by atoms with Crippen LogP contribution in [0.15, 0.2) is 0 Å². The second-order valence-corrected chi connectivity index (χ2v) is 6.00. The zero-order valence-electron chi connectivity index (χ0n) is 10.0. The summed E-state index contributed by atoms with van der Waals surface area (Å²) in [6.07, 6.45) is 0.666. The second-order valence-electron chi connectivity index (χ2n) is 4.19. The summed E-state index contributed by atoms with van der Waals surface area (Å²) in [7, 11) is -1.78. The van der Waals surface area contributed by atoms with Crippen LogP contribution in [0.1, 0.15) is 27.2 Å². The van der Waals surface area contributed by atoms with E-state index in [0.717, 1.165) is 0 Å². The molecule has 0 saturated carbocycles. The van der Waals surface area contributed by atoms with Gasteiger partial charge in [-0.05, 0) is 25.8 Å². The molecule has 0 aromatic carbocycles. The van der Waals surface area contributed by atoms with E-state index in [1.807, 2.05) is 20.8 Å². The van der Waals surface area contributed by atoms with E-state index in [0.29, 0.717) is 25.4 Å².